The number of rotatable bonds is 3. The predicted molar refractivity (Wildman–Crippen MR) is 193 cm³/mol. The van der Waals surface area contributed by atoms with Gasteiger partial charge in [-0.15, -0.1) is 0 Å². The summed E-state index contributed by atoms with van der Waals surface area (Å²) in [4.78, 5) is 0. The fourth-order valence-corrected chi connectivity index (χ4v) is 8.06. The average molecular weight is 573 g/mol. The van der Waals surface area contributed by atoms with Crippen molar-refractivity contribution in [2.75, 3.05) is 0 Å². The Morgan fingerprint density at radius 1 is 0.333 bits per heavy atom. The van der Waals surface area contributed by atoms with Crippen molar-refractivity contribution in [2.24, 2.45) is 0 Å². The maximum absolute atomic E-state index is 2.39. The van der Waals surface area contributed by atoms with E-state index in [9.17, 15) is 0 Å². The lowest BCUT2D eigenvalue weighted by atomic mass is 9.78. The molecule has 0 heteroatoms. The van der Waals surface area contributed by atoms with Crippen molar-refractivity contribution < 1.29 is 0 Å². The Kier molecular flexibility index (Phi) is 5.64. The molecule has 212 valence electrons. The first kappa shape index (κ1) is 26.0. The summed E-state index contributed by atoms with van der Waals surface area (Å²) in [6, 6.07) is 58.2. The van der Waals surface area contributed by atoms with Crippen LogP contribution in [0, 0.1) is 0 Å². The molecule has 0 N–H and O–H groups in total. The largest absolute Gasteiger partial charge is 0.0622 e. The normalized spacial score (nSPS) is 13.3. The molecule has 0 bridgehead atoms. The van der Waals surface area contributed by atoms with Gasteiger partial charge in [-0.2, -0.15) is 0 Å². The van der Waals surface area contributed by atoms with Crippen LogP contribution in [0.25, 0.3) is 76.8 Å². The molecule has 0 amide bonds. The maximum Gasteiger partial charge on any atom is 0.0165 e. The highest BCUT2D eigenvalue weighted by molar-refractivity contribution is 6.21. The summed E-state index contributed by atoms with van der Waals surface area (Å²) in [6.45, 7) is 4.77. The minimum atomic E-state index is -0.0936. The molecule has 0 fully saturated rings. The molecule has 0 saturated carbocycles. The van der Waals surface area contributed by atoms with Gasteiger partial charge in [-0.25, -0.2) is 0 Å². The Hall–Kier alpha value is -5.46. The van der Waals surface area contributed by atoms with Gasteiger partial charge in [-0.05, 0) is 88.0 Å². The van der Waals surface area contributed by atoms with Crippen LogP contribution in [-0.2, 0) is 5.41 Å². The molecular formula is C45H32. The molecule has 0 atom stereocenters. The summed E-state index contributed by atoms with van der Waals surface area (Å²) >= 11 is 0. The van der Waals surface area contributed by atoms with Crippen molar-refractivity contribution in [1.82, 2.24) is 0 Å². The van der Waals surface area contributed by atoms with E-state index in [-0.39, 0.29) is 5.41 Å². The number of hydrogen-bond donors (Lipinski definition) is 0. The summed E-state index contributed by atoms with van der Waals surface area (Å²) in [7, 11) is 0. The van der Waals surface area contributed by atoms with Gasteiger partial charge in [0.1, 0.15) is 0 Å². The fraction of sp³-hybridized carbons (Fsp3) is 0.0667. The molecular weight excluding hydrogens is 540 g/mol. The molecule has 1 aliphatic rings. The molecule has 45 heavy (non-hydrogen) atoms. The Labute approximate surface area is 264 Å². The van der Waals surface area contributed by atoms with E-state index in [1.807, 2.05) is 0 Å². The summed E-state index contributed by atoms with van der Waals surface area (Å²) < 4.78 is 0. The molecule has 0 saturated heterocycles. The third kappa shape index (κ3) is 3.79. The molecule has 0 aliphatic heterocycles. The molecule has 0 nitrogen and oxygen atoms in total. The molecule has 1 aliphatic carbocycles. The van der Waals surface area contributed by atoms with Crippen LogP contribution in [0.15, 0.2) is 158 Å². The zero-order valence-electron chi connectivity index (χ0n) is 25.5. The second-order valence-electron chi connectivity index (χ2n) is 12.8. The van der Waals surface area contributed by atoms with Crippen LogP contribution in [0.5, 0.6) is 0 Å². The SMILES string of the molecule is CC1(C)c2ccc3ccccc3c2-c2cccc(-c3ccc(-c4c5ccccc5c(-c5ccccc5)c5ccccc45)cc3)c21. The lowest BCUT2D eigenvalue weighted by molar-refractivity contribution is 0.662. The van der Waals surface area contributed by atoms with Crippen LogP contribution in [0.4, 0.5) is 0 Å². The topological polar surface area (TPSA) is 0 Å². The highest BCUT2D eigenvalue weighted by atomic mass is 14.4. The summed E-state index contributed by atoms with van der Waals surface area (Å²) in [5.41, 5.74) is 13.2. The quantitative estimate of drug-likeness (QED) is 0.185. The number of benzene rings is 8. The Morgan fingerprint density at radius 3 is 1.44 bits per heavy atom. The minimum absolute atomic E-state index is 0.0936. The van der Waals surface area contributed by atoms with Gasteiger partial charge in [-0.3, -0.25) is 0 Å². The van der Waals surface area contributed by atoms with Gasteiger partial charge in [0.2, 0.25) is 0 Å². The highest BCUT2D eigenvalue weighted by Gasteiger charge is 2.38. The highest BCUT2D eigenvalue weighted by Crippen LogP contribution is 2.54. The van der Waals surface area contributed by atoms with Crippen LogP contribution in [-0.4, -0.2) is 0 Å². The van der Waals surface area contributed by atoms with Crippen molar-refractivity contribution >= 4 is 32.3 Å². The standard InChI is InChI=1S/C45H32/c1-45(2)40-28-27-29-13-6-7-16-33(29)43(40)39-22-12-21-34(44(39)45)30-23-25-32(26-24-30)42-37-19-10-8-17-35(37)41(31-14-4-3-5-15-31)36-18-9-11-20-38(36)42/h3-28H,1-2H3. The first-order valence-corrected chi connectivity index (χ1v) is 15.9. The second kappa shape index (κ2) is 9.78. The molecule has 8 aromatic rings. The van der Waals surface area contributed by atoms with Crippen LogP contribution >= 0.6 is 0 Å². The number of hydrogen-bond acceptors (Lipinski definition) is 0. The van der Waals surface area contributed by atoms with Crippen LogP contribution in [0.1, 0.15) is 25.0 Å². The van der Waals surface area contributed by atoms with Crippen molar-refractivity contribution in [3.05, 3.63) is 169 Å². The van der Waals surface area contributed by atoms with Gasteiger partial charge in [0.15, 0.2) is 0 Å². The van der Waals surface area contributed by atoms with Crippen molar-refractivity contribution in [1.29, 1.82) is 0 Å². The van der Waals surface area contributed by atoms with E-state index in [0.717, 1.165) is 0 Å². The molecule has 0 spiro atoms. The predicted octanol–water partition coefficient (Wildman–Crippen LogP) is 12.5. The van der Waals surface area contributed by atoms with E-state index in [4.69, 9.17) is 0 Å². The zero-order chi connectivity index (χ0) is 30.1. The Morgan fingerprint density at radius 2 is 0.822 bits per heavy atom. The van der Waals surface area contributed by atoms with Gasteiger partial charge < -0.3 is 0 Å². The molecule has 8 aromatic carbocycles. The lowest BCUT2D eigenvalue weighted by Gasteiger charge is -2.25. The number of fused-ring (bicyclic) bond motifs is 7. The minimum Gasteiger partial charge on any atom is -0.0622 e. The molecule has 9 rings (SSSR count). The van der Waals surface area contributed by atoms with Gasteiger partial charge in [0, 0.05) is 5.41 Å². The smallest absolute Gasteiger partial charge is 0.0165 e. The van der Waals surface area contributed by atoms with Crippen LogP contribution in [0.3, 0.4) is 0 Å². The second-order valence-corrected chi connectivity index (χ2v) is 12.8. The van der Waals surface area contributed by atoms with Crippen molar-refractivity contribution in [2.45, 2.75) is 19.3 Å². The van der Waals surface area contributed by atoms with Crippen molar-refractivity contribution in [3.63, 3.8) is 0 Å². The first-order valence-electron chi connectivity index (χ1n) is 15.9. The third-order valence-corrected chi connectivity index (χ3v) is 10.0. The Balaban J connectivity index is 1.23. The summed E-state index contributed by atoms with van der Waals surface area (Å²) in [6.07, 6.45) is 0. The fourth-order valence-electron chi connectivity index (χ4n) is 8.06. The monoisotopic (exact) mass is 572 g/mol. The molecule has 0 radical (unpaired) electrons. The van der Waals surface area contributed by atoms with E-state index in [0.29, 0.717) is 0 Å². The van der Waals surface area contributed by atoms with Crippen molar-refractivity contribution in [3.8, 4) is 44.5 Å². The molecule has 0 aromatic heterocycles. The van der Waals surface area contributed by atoms with Crippen LogP contribution in [0.2, 0.25) is 0 Å². The van der Waals surface area contributed by atoms with E-state index >= 15 is 0 Å². The zero-order valence-corrected chi connectivity index (χ0v) is 25.5. The third-order valence-electron chi connectivity index (χ3n) is 10.0. The van der Waals surface area contributed by atoms with E-state index in [2.05, 4.69) is 172 Å². The Bertz CT molecular complexity index is 2370. The van der Waals surface area contributed by atoms with Gasteiger partial charge >= 0.3 is 0 Å². The summed E-state index contributed by atoms with van der Waals surface area (Å²) in [5, 5.41) is 7.78. The van der Waals surface area contributed by atoms with E-state index < -0.39 is 0 Å². The molecule has 0 heterocycles. The maximum atomic E-state index is 2.39. The van der Waals surface area contributed by atoms with Crippen LogP contribution < -0.4 is 0 Å². The molecule has 0 unspecified atom stereocenters. The van der Waals surface area contributed by atoms with Gasteiger partial charge in [0.05, 0.1) is 0 Å². The van der Waals surface area contributed by atoms with E-state index in [1.165, 1.54) is 88.0 Å². The average Bonchev–Trinajstić information content (AvgIpc) is 3.34. The summed E-state index contributed by atoms with van der Waals surface area (Å²) in [5.74, 6) is 0. The van der Waals surface area contributed by atoms with Gasteiger partial charge in [-0.1, -0.05) is 172 Å². The van der Waals surface area contributed by atoms with Gasteiger partial charge in [0.25, 0.3) is 0 Å². The lowest BCUT2D eigenvalue weighted by Crippen LogP contribution is -2.16. The first-order chi connectivity index (χ1) is 22.1. The van der Waals surface area contributed by atoms with E-state index in [1.54, 1.807) is 0 Å².